The van der Waals surface area contributed by atoms with Crippen LogP contribution in [0.25, 0.3) is 5.69 Å². The summed E-state index contributed by atoms with van der Waals surface area (Å²) in [5.74, 6) is -0.146. The van der Waals surface area contributed by atoms with Crippen molar-refractivity contribution in [3.63, 3.8) is 0 Å². The lowest BCUT2D eigenvalue weighted by atomic mass is 10.1. The van der Waals surface area contributed by atoms with Gasteiger partial charge in [0.15, 0.2) is 0 Å². The Labute approximate surface area is 155 Å². The van der Waals surface area contributed by atoms with Crippen LogP contribution >= 0.6 is 0 Å². The van der Waals surface area contributed by atoms with Gasteiger partial charge in [0, 0.05) is 24.5 Å². The van der Waals surface area contributed by atoms with Gasteiger partial charge in [0.05, 0.1) is 18.1 Å². The van der Waals surface area contributed by atoms with Crippen LogP contribution in [0, 0.1) is 0 Å². The summed E-state index contributed by atoms with van der Waals surface area (Å²) < 4.78 is 3.48. The maximum Gasteiger partial charge on any atom is 0.251 e. The maximum absolute atomic E-state index is 12.8. The molecule has 27 heavy (non-hydrogen) atoms. The zero-order valence-corrected chi connectivity index (χ0v) is 14.4. The molecule has 0 aliphatic carbocycles. The van der Waals surface area contributed by atoms with E-state index in [9.17, 15) is 4.79 Å². The molecule has 2 aromatic heterocycles. The number of rotatable bonds is 6. The second-order valence-electron chi connectivity index (χ2n) is 6.00. The van der Waals surface area contributed by atoms with Crippen molar-refractivity contribution in [2.75, 3.05) is 0 Å². The van der Waals surface area contributed by atoms with Gasteiger partial charge in [0.2, 0.25) is 0 Å². The van der Waals surface area contributed by atoms with Crippen molar-refractivity contribution in [2.45, 2.75) is 12.6 Å². The minimum Gasteiger partial charge on any atom is -0.343 e. The Balaban J connectivity index is 1.52. The van der Waals surface area contributed by atoms with Gasteiger partial charge in [-0.2, -0.15) is 0 Å². The molecule has 0 bridgehead atoms. The summed E-state index contributed by atoms with van der Waals surface area (Å²) in [5.41, 5.74) is 2.39. The summed E-state index contributed by atoms with van der Waals surface area (Å²) in [6.07, 6.45) is 6.85. The van der Waals surface area contributed by atoms with Gasteiger partial charge in [0.25, 0.3) is 5.91 Å². The standard InChI is InChI=1S/C19H17N7O/c27-19(16-6-8-17(9-7-16)26-14-21-23-24-26)22-18(12-25-11-10-20-13-25)15-4-2-1-3-5-15/h1-11,13-14,18H,12H2,(H,22,27)/t18-/m0/s1. The summed E-state index contributed by atoms with van der Waals surface area (Å²) >= 11 is 0. The smallest absolute Gasteiger partial charge is 0.251 e. The highest BCUT2D eigenvalue weighted by atomic mass is 16.1. The van der Waals surface area contributed by atoms with Crippen molar-refractivity contribution in [1.29, 1.82) is 0 Å². The highest BCUT2D eigenvalue weighted by Crippen LogP contribution is 2.16. The van der Waals surface area contributed by atoms with E-state index in [4.69, 9.17) is 0 Å². The van der Waals surface area contributed by atoms with Crippen LogP contribution in [0.5, 0.6) is 0 Å². The van der Waals surface area contributed by atoms with Crippen LogP contribution < -0.4 is 5.32 Å². The normalized spacial score (nSPS) is 11.9. The molecule has 4 aromatic rings. The molecule has 1 N–H and O–H groups in total. The number of carbonyl (C=O) groups is 1. The number of tetrazole rings is 1. The van der Waals surface area contributed by atoms with Gasteiger partial charge >= 0.3 is 0 Å². The third-order valence-electron chi connectivity index (χ3n) is 4.20. The number of nitrogens with zero attached hydrogens (tertiary/aromatic N) is 6. The number of carbonyl (C=O) groups excluding carboxylic acids is 1. The molecule has 8 heteroatoms. The summed E-state index contributed by atoms with van der Waals surface area (Å²) in [6, 6.07) is 16.8. The molecule has 0 aliphatic rings. The number of imidazole rings is 1. The highest BCUT2D eigenvalue weighted by molar-refractivity contribution is 5.94. The van der Waals surface area contributed by atoms with Gasteiger partial charge in [-0.1, -0.05) is 30.3 Å². The Morgan fingerprint density at radius 3 is 2.52 bits per heavy atom. The topological polar surface area (TPSA) is 90.5 Å². The molecular weight excluding hydrogens is 342 g/mol. The molecule has 2 aromatic carbocycles. The van der Waals surface area contributed by atoms with E-state index in [0.29, 0.717) is 12.1 Å². The van der Waals surface area contributed by atoms with Crippen LogP contribution in [0.3, 0.4) is 0 Å². The lowest BCUT2D eigenvalue weighted by Gasteiger charge is -2.20. The number of nitrogens with one attached hydrogen (secondary N) is 1. The van der Waals surface area contributed by atoms with Gasteiger partial charge in [-0.15, -0.1) is 5.10 Å². The van der Waals surface area contributed by atoms with E-state index < -0.39 is 0 Å². The van der Waals surface area contributed by atoms with Crippen molar-refractivity contribution >= 4 is 5.91 Å². The molecule has 1 amide bonds. The first kappa shape index (κ1) is 16.6. The predicted molar refractivity (Wildman–Crippen MR) is 98.0 cm³/mol. The average Bonchev–Trinajstić information content (AvgIpc) is 3.42. The van der Waals surface area contributed by atoms with Crippen molar-refractivity contribution < 1.29 is 4.79 Å². The van der Waals surface area contributed by atoms with Gasteiger partial charge in [-0.3, -0.25) is 4.79 Å². The lowest BCUT2D eigenvalue weighted by Crippen LogP contribution is -2.31. The van der Waals surface area contributed by atoms with Crippen molar-refractivity contribution in [1.82, 2.24) is 35.1 Å². The molecule has 0 aliphatic heterocycles. The Bertz CT molecular complexity index is 981. The van der Waals surface area contributed by atoms with E-state index >= 15 is 0 Å². The Kier molecular flexibility index (Phi) is 4.69. The number of amides is 1. The Morgan fingerprint density at radius 2 is 1.85 bits per heavy atom. The molecule has 1 atom stereocenters. The van der Waals surface area contributed by atoms with Gasteiger partial charge < -0.3 is 9.88 Å². The quantitative estimate of drug-likeness (QED) is 0.569. The van der Waals surface area contributed by atoms with Gasteiger partial charge in [-0.05, 0) is 40.3 Å². The van der Waals surface area contributed by atoms with Crippen LogP contribution in [0.15, 0.2) is 79.6 Å². The number of hydrogen-bond acceptors (Lipinski definition) is 5. The third kappa shape index (κ3) is 3.90. The largest absolute Gasteiger partial charge is 0.343 e. The Hall–Kier alpha value is -3.81. The average molecular weight is 359 g/mol. The minimum absolute atomic E-state index is 0.146. The molecule has 0 fully saturated rings. The highest BCUT2D eigenvalue weighted by Gasteiger charge is 2.16. The summed E-state index contributed by atoms with van der Waals surface area (Å²) in [4.78, 5) is 16.8. The second-order valence-corrected chi connectivity index (χ2v) is 6.00. The van der Waals surface area contributed by atoms with Crippen LogP contribution in [-0.4, -0.2) is 35.7 Å². The second kappa shape index (κ2) is 7.61. The van der Waals surface area contributed by atoms with Crippen molar-refractivity contribution in [3.05, 3.63) is 90.8 Å². The van der Waals surface area contributed by atoms with Crippen LogP contribution in [0.1, 0.15) is 22.0 Å². The predicted octanol–water partition coefficient (Wildman–Crippen LogP) is 2.03. The molecule has 4 rings (SSSR count). The summed E-state index contributed by atoms with van der Waals surface area (Å²) in [7, 11) is 0. The van der Waals surface area contributed by atoms with E-state index in [2.05, 4.69) is 25.8 Å². The fourth-order valence-electron chi connectivity index (χ4n) is 2.81. The maximum atomic E-state index is 12.8. The molecule has 134 valence electrons. The zero-order chi connectivity index (χ0) is 18.5. The first-order chi connectivity index (χ1) is 13.3. The molecule has 0 saturated heterocycles. The van der Waals surface area contributed by atoms with E-state index in [-0.39, 0.29) is 11.9 Å². The molecule has 0 saturated carbocycles. The molecule has 8 nitrogen and oxygen atoms in total. The van der Waals surface area contributed by atoms with Crippen molar-refractivity contribution in [2.24, 2.45) is 0 Å². The fraction of sp³-hybridized carbons (Fsp3) is 0.105. The monoisotopic (exact) mass is 359 g/mol. The molecule has 2 heterocycles. The SMILES string of the molecule is O=C(N[C@@H](Cn1ccnc1)c1ccccc1)c1ccc(-n2cnnn2)cc1. The zero-order valence-electron chi connectivity index (χ0n) is 14.4. The summed E-state index contributed by atoms with van der Waals surface area (Å²) in [6.45, 7) is 0.596. The molecule has 0 spiro atoms. The van der Waals surface area contributed by atoms with E-state index in [1.807, 2.05) is 41.1 Å². The Morgan fingerprint density at radius 1 is 1.04 bits per heavy atom. The van der Waals surface area contributed by atoms with Gasteiger partial charge in [0.1, 0.15) is 6.33 Å². The number of benzene rings is 2. The van der Waals surface area contributed by atoms with Crippen LogP contribution in [-0.2, 0) is 6.54 Å². The third-order valence-corrected chi connectivity index (χ3v) is 4.20. The molecule has 0 unspecified atom stereocenters. The van der Waals surface area contributed by atoms with E-state index in [1.165, 1.54) is 11.0 Å². The first-order valence-corrected chi connectivity index (χ1v) is 8.44. The summed E-state index contributed by atoms with van der Waals surface area (Å²) in [5, 5.41) is 14.2. The first-order valence-electron chi connectivity index (χ1n) is 8.44. The number of hydrogen-bond donors (Lipinski definition) is 1. The van der Waals surface area contributed by atoms with Gasteiger partial charge in [-0.25, -0.2) is 9.67 Å². The van der Waals surface area contributed by atoms with Crippen LogP contribution in [0.4, 0.5) is 0 Å². The van der Waals surface area contributed by atoms with Crippen molar-refractivity contribution in [3.8, 4) is 5.69 Å². The minimum atomic E-state index is -0.174. The lowest BCUT2D eigenvalue weighted by molar-refractivity contribution is 0.0932. The van der Waals surface area contributed by atoms with Crippen LogP contribution in [0.2, 0.25) is 0 Å². The van der Waals surface area contributed by atoms with E-state index in [0.717, 1.165) is 11.3 Å². The van der Waals surface area contributed by atoms with E-state index in [1.54, 1.807) is 36.8 Å². The molecular formula is C19H17N7O. The molecule has 0 radical (unpaired) electrons. The fourth-order valence-corrected chi connectivity index (χ4v) is 2.81. The number of aromatic nitrogens is 6.